The molecular weight excluding hydrogens is 312 g/mol. The maximum absolute atomic E-state index is 13.1. The number of aliphatic hydroxyl groups is 1. The fourth-order valence-corrected chi connectivity index (χ4v) is 6.37. The Bertz CT molecular complexity index is 700. The van der Waals surface area contributed by atoms with E-state index in [1.54, 1.807) is 0 Å². The number of carbonyl (C=O) groups is 1. The Morgan fingerprint density at radius 1 is 1.24 bits per heavy atom. The molecule has 1 aromatic rings. The van der Waals surface area contributed by atoms with Gasteiger partial charge in [-0.2, -0.15) is 0 Å². The summed E-state index contributed by atoms with van der Waals surface area (Å²) in [4.78, 5) is 15.0. The minimum Gasteiger partial charge on any atom is -0.390 e. The van der Waals surface area contributed by atoms with Gasteiger partial charge in [0, 0.05) is 18.3 Å². The van der Waals surface area contributed by atoms with Crippen LogP contribution < -0.4 is 10.2 Å². The fourth-order valence-electron chi connectivity index (χ4n) is 6.37. The molecule has 2 amide bonds. The van der Waals surface area contributed by atoms with E-state index in [9.17, 15) is 9.90 Å². The first-order valence-electron chi connectivity index (χ1n) is 9.91. The number of hydrogen-bond donors (Lipinski definition) is 2. The van der Waals surface area contributed by atoms with E-state index >= 15 is 0 Å². The number of urea groups is 1. The molecule has 1 aliphatic heterocycles. The Balaban J connectivity index is 1.35. The SMILES string of the molecule is Cc1ccc2c(c1)CCCN2C(=O)N[C@H]1C2CC3CC1C[C@](O)(C3)C2. The van der Waals surface area contributed by atoms with Gasteiger partial charge in [-0.3, -0.25) is 4.90 Å². The third-order valence-electron chi connectivity index (χ3n) is 7.13. The lowest BCUT2D eigenvalue weighted by molar-refractivity contribution is -0.136. The summed E-state index contributed by atoms with van der Waals surface area (Å²) >= 11 is 0. The number of rotatable bonds is 1. The number of nitrogens with one attached hydrogen (secondary N) is 1. The Morgan fingerprint density at radius 3 is 2.72 bits per heavy atom. The summed E-state index contributed by atoms with van der Waals surface area (Å²) in [6.07, 6.45) is 7.19. The molecule has 0 radical (unpaired) electrons. The van der Waals surface area contributed by atoms with Gasteiger partial charge in [0.25, 0.3) is 0 Å². The maximum Gasteiger partial charge on any atom is 0.322 e. The summed E-state index contributed by atoms with van der Waals surface area (Å²) in [5.74, 6) is 1.60. The van der Waals surface area contributed by atoms with Crippen molar-refractivity contribution >= 4 is 11.7 Å². The number of nitrogens with zero attached hydrogens (tertiary/aromatic N) is 1. The van der Waals surface area contributed by atoms with E-state index in [4.69, 9.17) is 0 Å². The van der Waals surface area contributed by atoms with Gasteiger partial charge in [0.2, 0.25) is 0 Å². The normalized spacial score (nSPS) is 38.6. The van der Waals surface area contributed by atoms with Crippen LogP contribution >= 0.6 is 0 Å². The average Bonchev–Trinajstić information content (AvgIpc) is 2.55. The highest BCUT2D eigenvalue weighted by atomic mass is 16.3. The predicted octanol–water partition coefficient (Wildman–Crippen LogP) is 3.40. The van der Waals surface area contributed by atoms with Crippen molar-refractivity contribution in [2.24, 2.45) is 17.8 Å². The maximum atomic E-state index is 13.1. The van der Waals surface area contributed by atoms with Crippen LogP contribution in [-0.2, 0) is 6.42 Å². The van der Waals surface area contributed by atoms with E-state index in [-0.39, 0.29) is 12.1 Å². The fraction of sp³-hybridized carbons (Fsp3) is 0.667. The van der Waals surface area contributed by atoms with E-state index in [1.807, 2.05) is 4.90 Å². The van der Waals surface area contributed by atoms with Gasteiger partial charge in [-0.15, -0.1) is 0 Å². The van der Waals surface area contributed by atoms with Crippen LogP contribution in [0.1, 0.15) is 49.7 Å². The summed E-state index contributed by atoms with van der Waals surface area (Å²) in [5, 5.41) is 14.1. The highest BCUT2D eigenvalue weighted by Crippen LogP contribution is 2.55. The lowest BCUT2D eigenvalue weighted by Gasteiger charge is -2.58. The van der Waals surface area contributed by atoms with Crippen LogP contribution in [0.3, 0.4) is 0 Å². The van der Waals surface area contributed by atoms with Gasteiger partial charge >= 0.3 is 6.03 Å². The van der Waals surface area contributed by atoms with Crippen molar-refractivity contribution in [3.05, 3.63) is 29.3 Å². The average molecular weight is 340 g/mol. The second kappa shape index (κ2) is 5.47. The second-order valence-corrected chi connectivity index (χ2v) is 9.06. The minimum atomic E-state index is -0.438. The molecule has 6 rings (SSSR count). The third kappa shape index (κ3) is 2.57. The van der Waals surface area contributed by atoms with Gasteiger partial charge in [0.1, 0.15) is 0 Å². The van der Waals surface area contributed by atoms with E-state index < -0.39 is 5.60 Å². The van der Waals surface area contributed by atoms with Crippen LogP contribution in [0.4, 0.5) is 10.5 Å². The number of anilines is 1. The number of fused-ring (bicyclic) bond motifs is 1. The van der Waals surface area contributed by atoms with Gasteiger partial charge in [-0.1, -0.05) is 17.7 Å². The Labute approximate surface area is 149 Å². The first-order chi connectivity index (χ1) is 12.0. The van der Waals surface area contributed by atoms with Crippen molar-refractivity contribution in [2.45, 2.75) is 63.5 Å². The van der Waals surface area contributed by atoms with E-state index in [0.717, 1.165) is 44.3 Å². The van der Waals surface area contributed by atoms with Crippen LogP contribution in [0.2, 0.25) is 0 Å². The molecule has 4 bridgehead atoms. The molecule has 4 nitrogen and oxygen atoms in total. The summed E-state index contributed by atoms with van der Waals surface area (Å²) < 4.78 is 0. The Hall–Kier alpha value is -1.55. The van der Waals surface area contributed by atoms with Gasteiger partial charge < -0.3 is 10.4 Å². The number of amides is 2. The van der Waals surface area contributed by atoms with Gasteiger partial charge in [-0.05, 0) is 81.3 Å². The first-order valence-corrected chi connectivity index (χ1v) is 9.91. The molecule has 4 heteroatoms. The monoisotopic (exact) mass is 340 g/mol. The molecular formula is C21H28N2O2. The van der Waals surface area contributed by atoms with E-state index in [2.05, 4.69) is 30.4 Å². The number of aryl methyl sites for hydroxylation is 2. The van der Waals surface area contributed by atoms with Gasteiger partial charge in [-0.25, -0.2) is 4.79 Å². The number of hydrogen-bond acceptors (Lipinski definition) is 2. The minimum absolute atomic E-state index is 0.0641. The largest absolute Gasteiger partial charge is 0.390 e. The summed E-state index contributed by atoms with van der Waals surface area (Å²) in [7, 11) is 0. The zero-order chi connectivity index (χ0) is 17.2. The number of carbonyl (C=O) groups excluding carboxylic acids is 1. The van der Waals surface area contributed by atoms with Gasteiger partial charge in [0.15, 0.2) is 0 Å². The molecule has 2 atom stereocenters. The predicted molar refractivity (Wildman–Crippen MR) is 97.7 cm³/mol. The highest BCUT2D eigenvalue weighted by molar-refractivity contribution is 5.93. The van der Waals surface area contributed by atoms with E-state index in [1.165, 1.54) is 24.0 Å². The molecule has 1 aromatic carbocycles. The summed E-state index contributed by atoms with van der Waals surface area (Å²) in [5.41, 5.74) is 3.19. The molecule has 2 N–H and O–H groups in total. The van der Waals surface area contributed by atoms with Crippen LogP contribution in [-0.4, -0.2) is 29.3 Å². The van der Waals surface area contributed by atoms with E-state index in [0.29, 0.717) is 17.8 Å². The molecule has 4 aliphatic carbocycles. The zero-order valence-electron chi connectivity index (χ0n) is 15.0. The molecule has 5 aliphatic rings. The topological polar surface area (TPSA) is 52.6 Å². The van der Waals surface area contributed by atoms with Crippen LogP contribution in [0, 0.1) is 24.7 Å². The van der Waals surface area contributed by atoms with Crippen molar-refractivity contribution in [3.63, 3.8) is 0 Å². The lowest BCUT2D eigenvalue weighted by Crippen LogP contribution is -2.63. The number of benzene rings is 1. The van der Waals surface area contributed by atoms with Crippen molar-refractivity contribution in [1.82, 2.24) is 5.32 Å². The molecule has 4 fully saturated rings. The standard InChI is InChI=1S/C21H28N2O2/c1-13-4-5-18-15(7-13)3-2-6-23(18)20(24)22-19-16-8-14-9-17(19)12-21(25,10-14)11-16/h4-5,7,14,16-17,19,25H,2-3,6,8-12H2,1H3,(H,22,24)/t14?,16?,17?,19-,21-. The lowest BCUT2D eigenvalue weighted by atomic mass is 9.52. The molecule has 0 saturated heterocycles. The molecule has 2 unspecified atom stereocenters. The van der Waals surface area contributed by atoms with Gasteiger partial charge in [0.05, 0.1) is 5.60 Å². The molecule has 25 heavy (non-hydrogen) atoms. The quantitative estimate of drug-likeness (QED) is 0.823. The van der Waals surface area contributed by atoms with Crippen molar-refractivity contribution in [1.29, 1.82) is 0 Å². The zero-order valence-corrected chi connectivity index (χ0v) is 15.0. The second-order valence-electron chi connectivity index (χ2n) is 9.06. The smallest absolute Gasteiger partial charge is 0.322 e. The molecule has 0 spiro atoms. The summed E-state index contributed by atoms with van der Waals surface area (Å²) in [6, 6.07) is 6.73. The molecule has 134 valence electrons. The van der Waals surface area contributed by atoms with Crippen LogP contribution in [0.15, 0.2) is 18.2 Å². The Kier molecular flexibility index (Phi) is 3.43. The summed E-state index contributed by atoms with van der Waals surface area (Å²) in [6.45, 7) is 2.91. The van der Waals surface area contributed by atoms with Crippen LogP contribution in [0.5, 0.6) is 0 Å². The van der Waals surface area contributed by atoms with Crippen molar-refractivity contribution in [3.8, 4) is 0 Å². The van der Waals surface area contributed by atoms with Crippen molar-refractivity contribution < 1.29 is 9.90 Å². The molecule has 0 aromatic heterocycles. The van der Waals surface area contributed by atoms with Crippen LogP contribution in [0.25, 0.3) is 0 Å². The van der Waals surface area contributed by atoms with Crippen molar-refractivity contribution in [2.75, 3.05) is 11.4 Å². The Morgan fingerprint density at radius 2 is 2.00 bits per heavy atom. The molecule has 1 heterocycles. The highest BCUT2D eigenvalue weighted by Gasteiger charge is 2.55. The molecule has 4 saturated carbocycles. The third-order valence-corrected chi connectivity index (χ3v) is 7.13. The first kappa shape index (κ1) is 15.7.